The Labute approximate surface area is 73.5 Å². The summed E-state index contributed by atoms with van der Waals surface area (Å²) in [6.45, 7) is 3.00. The van der Waals surface area contributed by atoms with Gasteiger partial charge in [0.2, 0.25) is 0 Å². The second-order valence-corrected chi connectivity index (χ2v) is 3.71. The van der Waals surface area contributed by atoms with Crippen LogP contribution >= 0.6 is 0 Å². The van der Waals surface area contributed by atoms with E-state index in [0.717, 1.165) is 0 Å². The minimum Gasteiger partial charge on any atom is -0.394 e. The largest absolute Gasteiger partial charge is 0.394 e. The van der Waals surface area contributed by atoms with Gasteiger partial charge >= 0.3 is 0 Å². The van der Waals surface area contributed by atoms with E-state index in [4.69, 9.17) is 17.7 Å². The van der Waals surface area contributed by atoms with E-state index in [9.17, 15) is 4.39 Å². The molecule has 2 radical (unpaired) electrons. The summed E-state index contributed by atoms with van der Waals surface area (Å²) in [5.41, 5.74) is -0.645. The van der Waals surface area contributed by atoms with Gasteiger partial charge in [-0.3, -0.25) is 4.39 Å². The summed E-state index contributed by atoms with van der Waals surface area (Å²) in [7, 11) is 5.61. The lowest BCUT2D eigenvalue weighted by Crippen LogP contribution is -2.35. The number of aliphatic hydroxyl groups excluding tert-OH is 1. The predicted octanol–water partition coefficient (Wildman–Crippen LogP) is 0.484. The lowest BCUT2D eigenvalue weighted by molar-refractivity contribution is 0.0253. The summed E-state index contributed by atoms with van der Waals surface area (Å²) in [6, 6.07) is -0.602. The molecule has 0 aromatic heterocycles. The minimum absolute atomic E-state index is 0.0394. The van der Waals surface area contributed by atoms with Crippen LogP contribution in [-0.4, -0.2) is 38.3 Å². The zero-order valence-corrected chi connectivity index (χ0v) is 7.46. The van der Waals surface area contributed by atoms with Crippen LogP contribution in [0.15, 0.2) is 0 Å². The Bertz CT molecular complexity index is 167. The SMILES string of the molecule is [B][C@@H]1O[C@H](CO)[C@@H](C)[C@]1(C)CF. The van der Waals surface area contributed by atoms with Crippen molar-refractivity contribution < 1.29 is 14.2 Å². The van der Waals surface area contributed by atoms with E-state index in [0.29, 0.717) is 0 Å². The van der Waals surface area contributed by atoms with Gasteiger partial charge < -0.3 is 9.84 Å². The highest BCUT2D eigenvalue weighted by atomic mass is 19.1. The van der Waals surface area contributed by atoms with Gasteiger partial charge in [0.1, 0.15) is 7.85 Å². The Hall–Kier alpha value is -0.0851. The van der Waals surface area contributed by atoms with Crippen LogP contribution in [0.3, 0.4) is 0 Å². The first-order chi connectivity index (χ1) is 5.56. The van der Waals surface area contributed by atoms with Crippen molar-refractivity contribution in [1.29, 1.82) is 0 Å². The lowest BCUT2D eigenvalue weighted by Gasteiger charge is -2.28. The van der Waals surface area contributed by atoms with Gasteiger partial charge in [-0.1, -0.05) is 13.8 Å². The highest BCUT2D eigenvalue weighted by molar-refractivity contribution is 6.11. The molecule has 4 atom stereocenters. The third kappa shape index (κ3) is 1.27. The fourth-order valence-corrected chi connectivity index (χ4v) is 1.54. The fourth-order valence-electron chi connectivity index (χ4n) is 1.54. The maximum atomic E-state index is 12.7. The Morgan fingerprint density at radius 2 is 2.25 bits per heavy atom. The van der Waals surface area contributed by atoms with E-state index >= 15 is 0 Å². The molecule has 0 saturated carbocycles. The number of alkyl halides is 1. The lowest BCUT2D eigenvalue weighted by atomic mass is 9.68. The van der Waals surface area contributed by atoms with Crippen molar-refractivity contribution in [3.8, 4) is 0 Å². The first-order valence-corrected chi connectivity index (χ1v) is 4.14. The van der Waals surface area contributed by atoms with Gasteiger partial charge in [-0.2, -0.15) is 0 Å². The van der Waals surface area contributed by atoms with Gasteiger partial charge in [-0.05, 0) is 5.92 Å². The second-order valence-electron chi connectivity index (χ2n) is 3.71. The zero-order valence-electron chi connectivity index (χ0n) is 7.46. The normalized spacial score (nSPS) is 48.2. The van der Waals surface area contributed by atoms with Crippen molar-refractivity contribution in [2.45, 2.75) is 26.0 Å². The third-order valence-corrected chi connectivity index (χ3v) is 3.04. The van der Waals surface area contributed by atoms with Gasteiger partial charge in [-0.25, -0.2) is 0 Å². The number of aliphatic hydroxyl groups is 1. The molecule has 1 heterocycles. The molecule has 4 heteroatoms. The first kappa shape index (κ1) is 10.00. The summed E-state index contributed by atoms with van der Waals surface area (Å²) >= 11 is 0. The number of halogens is 1. The van der Waals surface area contributed by atoms with E-state index < -0.39 is 18.1 Å². The van der Waals surface area contributed by atoms with Crippen molar-refractivity contribution in [3.05, 3.63) is 0 Å². The second kappa shape index (κ2) is 3.34. The standard InChI is InChI=1S/C8H14BFO2/c1-5-6(3-11)12-7(9)8(5,2)4-10/h5-7,11H,3-4H2,1-2H3/t5-,6-,7-,8+/m1/s1. The maximum absolute atomic E-state index is 12.7. The fraction of sp³-hybridized carbons (Fsp3) is 1.00. The van der Waals surface area contributed by atoms with Crippen LogP contribution < -0.4 is 0 Å². The van der Waals surface area contributed by atoms with Gasteiger partial charge in [0.05, 0.1) is 19.4 Å². The molecular formula is C8H14BFO2. The van der Waals surface area contributed by atoms with Crippen LogP contribution in [0, 0.1) is 11.3 Å². The summed E-state index contributed by atoms with van der Waals surface area (Å²) in [5.74, 6) is -0.0394. The van der Waals surface area contributed by atoms with Gasteiger partial charge in [0.15, 0.2) is 0 Å². The quantitative estimate of drug-likeness (QED) is 0.614. The molecule has 1 fully saturated rings. The topological polar surface area (TPSA) is 29.5 Å². The summed E-state index contributed by atoms with van der Waals surface area (Å²) < 4.78 is 17.9. The van der Waals surface area contributed by atoms with Crippen molar-refractivity contribution in [1.82, 2.24) is 0 Å². The minimum atomic E-state index is -0.645. The van der Waals surface area contributed by atoms with Gasteiger partial charge in [0.25, 0.3) is 0 Å². The molecule has 1 aliphatic heterocycles. The molecule has 0 spiro atoms. The van der Waals surface area contributed by atoms with Gasteiger partial charge in [-0.15, -0.1) is 0 Å². The zero-order chi connectivity index (χ0) is 9.35. The van der Waals surface area contributed by atoms with E-state index in [1.165, 1.54) is 0 Å². The van der Waals surface area contributed by atoms with Crippen LogP contribution in [0.5, 0.6) is 0 Å². The Balaban J connectivity index is 2.76. The first-order valence-electron chi connectivity index (χ1n) is 4.14. The highest BCUT2D eigenvalue weighted by Gasteiger charge is 2.48. The Kier molecular flexibility index (Phi) is 2.79. The average Bonchev–Trinajstić information content (AvgIpc) is 2.30. The summed E-state index contributed by atoms with van der Waals surface area (Å²) in [5, 5.41) is 8.88. The molecule has 1 saturated heterocycles. The van der Waals surface area contributed by atoms with E-state index in [1.807, 2.05) is 6.92 Å². The molecule has 0 unspecified atom stereocenters. The van der Waals surface area contributed by atoms with Crippen LogP contribution in [0.25, 0.3) is 0 Å². The number of rotatable bonds is 2. The predicted molar refractivity (Wildman–Crippen MR) is 44.7 cm³/mol. The highest BCUT2D eigenvalue weighted by Crippen LogP contribution is 2.42. The summed E-state index contributed by atoms with van der Waals surface area (Å²) in [6.07, 6.45) is -0.319. The molecule has 0 aromatic rings. The van der Waals surface area contributed by atoms with E-state index in [-0.39, 0.29) is 18.6 Å². The average molecular weight is 172 g/mol. The molecule has 0 bridgehead atoms. The van der Waals surface area contributed by atoms with Crippen LogP contribution in [0.2, 0.25) is 0 Å². The van der Waals surface area contributed by atoms with E-state index in [2.05, 4.69) is 0 Å². The van der Waals surface area contributed by atoms with Crippen molar-refractivity contribution in [2.75, 3.05) is 13.3 Å². The molecule has 1 aliphatic rings. The number of ether oxygens (including phenoxy) is 1. The Morgan fingerprint density at radius 3 is 2.50 bits per heavy atom. The Morgan fingerprint density at radius 1 is 1.67 bits per heavy atom. The van der Waals surface area contributed by atoms with Crippen molar-refractivity contribution in [2.24, 2.45) is 11.3 Å². The third-order valence-electron chi connectivity index (χ3n) is 3.04. The van der Waals surface area contributed by atoms with E-state index in [1.54, 1.807) is 6.92 Å². The molecule has 2 nitrogen and oxygen atoms in total. The van der Waals surface area contributed by atoms with Crippen molar-refractivity contribution >= 4 is 7.85 Å². The van der Waals surface area contributed by atoms with Crippen LogP contribution in [0.1, 0.15) is 13.8 Å². The van der Waals surface area contributed by atoms with Crippen LogP contribution in [0.4, 0.5) is 4.39 Å². The molecule has 1 rings (SSSR count). The monoisotopic (exact) mass is 172 g/mol. The molecule has 12 heavy (non-hydrogen) atoms. The number of hydrogen-bond donors (Lipinski definition) is 1. The molecular weight excluding hydrogens is 158 g/mol. The van der Waals surface area contributed by atoms with Gasteiger partial charge in [0, 0.05) is 11.4 Å². The molecule has 0 amide bonds. The molecule has 0 aromatic carbocycles. The summed E-state index contributed by atoms with van der Waals surface area (Å²) in [4.78, 5) is 0. The molecule has 68 valence electrons. The molecule has 1 N–H and O–H groups in total. The smallest absolute Gasteiger partial charge is 0.109 e. The molecule has 0 aliphatic carbocycles. The van der Waals surface area contributed by atoms with Crippen LogP contribution in [-0.2, 0) is 4.74 Å². The number of hydrogen-bond acceptors (Lipinski definition) is 2. The maximum Gasteiger partial charge on any atom is 0.109 e. The van der Waals surface area contributed by atoms with Crippen molar-refractivity contribution in [3.63, 3.8) is 0 Å².